The van der Waals surface area contributed by atoms with E-state index in [4.69, 9.17) is 4.74 Å². The molecule has 0 bridgehead atoms. The van der Waals surface area contributed by atoms with E-state index in [0.717, 1.165) is 24.3 Å². The van der Waals surface area contributed by atoms with Crippen molar-refractivity contribution in [1.82, 2.24) is 19.6 Å². The summed E-state index contributed by atoms with van der Waals surface area (Å²) in [5, 5.41) is 11.3. The van der Waals surface area contributed by atoms with Gasteiger partial charge in [0.05, 0.1) is 12.6 Å². The second kappa shape index (κ2) is 5.58. The number of anilines is 1. The van der Waals surface area contributed by atoms with Gasteiger partial charge in [0.15, 0.2) is 5.82 Å². The van der Waals surface area contributed by atoms with E-state index in [1.54, 1.807) is 19.6 Å². The lowest BCUT2D eigenvalue weighted by atomic mass is 10.2. The van der Waals surface area contributed by atoms with Crippen LogP contribution >= 0.6 is 0 Å². The Morgan fingerprint density at radius 2 is 2.41 bits per heavy atom. The predicted octanol–water partition coefficient (Wildman–Crippen LogP) is 1.35. The van der Waals surface area contributed by atoms with Gasteiger partial charge in [0.1, 0.15) is 6.33 Å². The molecular weight excluding hydrogens is 218 g/mol. The third-order valence-corrected chi connectivity index (χ3v) is 2.56. The molecule has 0 amide bonds. The molecule has 0 aliphatic heterocycles. The molecule has 1 atom stereocenters. The van der Waals surface area contributed by atoms with E-state index in [9.17, 15) is 0 Å². The molecule has 0 aliphatic rings. The van der Waals surface area contributed by atoms with Crippen molar-refractivity contribution in [1.29, 1.82) is 0 Å². The van der Waals surface area contributed by atoms with Gasteiger partial charge in [-0.25, -0.2) is 4.98 Å². The summed E-state index contributed by atoms with van der Waals surface area (Å²) in [4.78, 5) is 4.29. The highest BCUT2D eigenvalue weighted by molar-refractivity contribution is 5.61. The smallest absolute Gasteiger partial charge is 0.203 e. The molecule has 2 aromatic heterocycles. The van der Waals surface area contributed by atoms with Crippen molar-refractivity contribution in [2.45, 2.75) is 25.8 Å². The van der Waals surface area contributed by atoms with E-state index in [2.05, 4.69) is 27.4 Å². The highest BCUT2D eigenvalue weighted by atomic mass is 16.5. The van der Waals surface area contributed by atoms with Crippen LogP contribution in [0.2, 0.25) is 0 Å². The molecule has 0 aliphatic carbocycles. The summed E-state index contributed by atoms with van der Waals surface area (Å²) in [5.74, 6) is 0.750. The Bertz CT molecular complexity index is 464. The van der Waals surface area contributed by atoms with Gasteiger partial charge in [-0.2, -0.15) is 0 Å². The van der Waals surface area contributed by atoms with Crippen LogP contribution in [0.1, 0.15) is 19.8 Å². The Morgan fingerprint density at radius 3 is 3.18 bits per heavy atom. The number of rotatable bonds is 6. The molecule has 0 aromatic carbocycles. The lowest BCUT2D eigenvalue weighted by Gasteiger charge is -2.17. The van der Waals surface area contributed by atoms with Gasteiger partial charge in [-0.3, -0.25) is 4.40 Å². The molecule has 6 nitrogen and oxygen atoms in total. The Hall–Kier alpha value is -1.69. The topological polar surface area (TPSA) is 64.3 Å². The minimum atomic E-state index is 0.250. The average Bonchev–Trinajstić information content (AvgIpc) is 2.79. The van der Waals surface area contributed by atoms with Crippen LogP contribution in [-0.4, -0.2) is 39.3 Å². The summed E-state index contributed by atoms with van der Waals surface area (Å²) < 4.78 is 7.03. The zero-order chi connectivity index (χ0) is 12.1. The van der Waals surface area contributed by atoms with Crippen LogP contribution in [0.15, 0.2) is 18.7 Å². The van der Waals surface area contributed by atoms with Gasteiger partial charge in [-0.05, 0) is 6.42 Å². The van der Waals surface area contributed by atoms with E-state index in [0.29, 0.717) is 6.61 Å². The monoisotopic (exact) mass is 235 g/mol. The van der Waals surface area contributed by atoms with Crippen molar-refractivity contribution in [2.24, 2.45) is 0 Å². The number of nitrogens with one attached hydrogen (secondary N) is 1. The Balaban J connectivity index is 2.18. The summed E-state index contributed by atoms with van der Waals surface area (Å²) >= 11 is 0. The molecule has 17 heavy (non-hydrogen) atoms. The second-order valence-electron chi connectivity index (χ2n) is 3.92. The highest BCUT2D eigenvalue weighted by Crippen LogP contribution is 2.13. The maximum absolute atomic E-state index is 5.19. The maximum Gasteiger partial charge on any atom is 0.203 e. The Morgan fingerprint density at radius 1 is 1.53 bits per heavy atom. The summed E-state index contributed by atoms with van der Waals surface area (Å²) in [6.07, 6.45) is 7.34. The molecule has 92 valence electrons. The van der Waals surface area contributed by atoms with Gasteiger partial charge < -0.3 is 10.1 Å². The normalized spacial score (nSPS) is 12.8. The number of ether oxygens (including phenoxy) is 1. The molecule has 1 N–H and O–H groups in total. The first kappa shape index (κ1) is 11.8. The predicted molar refractivity (Wildman–Crippen MR) is 65.0 cm³/mol. The fraction of sp³-hybridized carbons (Fsp3) is 0.545. The summed E-state index contributed by atoms with van der Waals surface area (Å²) in [6, 6.07) is 0.250. The Kier molecular flexibility index (Phi) is 3.87. The first-order valence-corrected chi connectivity index (χ1v) is 5.75. The molecule has 0 saturated heterocycles. The van der Waals surface area contributed by atoms with Crippen molar-refractivity contribution in [3.63, 3.8) is 0 Å². The number of nitrogens with zero attached hydrogens (tertiary/aromatic N) is 4. The zero-order valence-corrected chi connectivity index (χ0v) is 10.1. The lowest BCUT2D eigenvalue weighted by molar-refractivity contribution is 0.182. The van der Waals surface area contributed by atoms with E-state index in [-0.39, 0.29) is 6.04 Å². The fourth-order valence-electron chi connectivity index (χ4n) is 1.80. The number of fused-ring (bicyclic) bond motifs is 1. The van der Waals surface area contributed by atoms with Crippen molar-refractivity contribution in [3.05, 3.63) is 18.7 Å². The van der Waals surface area contributed by atoms with E-state index in [1.807, 2.05) is 10.6 Å². The molecule has 0 saturated carbocycles. The van der Waals surface area contributed by atoms with Crippen molar-refractivity contribution >= 4 is 11.5 Å². The fourth-order valence-corrected chi connectivity index (χ4v) is 1.80. The van der Waals surface area contributed by atoms with Gasteiger partial charge in [-0.1, -0.05) is 13.3 Å². The quantitative estimate of drug-likeness (QED) is 0.818. The van der Waals surface area contributed by atoms with Crippen molar-refractivity contribution in [3.8, 4) is 0 Å². The molecule has 0 spiro atoms. The molecular formula is C11H17N5O. The molecule has 0 radical (unpaired) electrons. The molecule has 1 unspecified atom stereocenters. The number of methoxy groups -OCH3 is 1. The zero-order valence-electron chi connectivity index (χ0n) is 10.1. The third kappa shape index (κ3) is 2.71. The van der Waals surface area contributed by atoms with Crippen molar-refractivity contribution < 1.29 is 4.74 Å². The standard InChI is InChI=1S/C11H17N5O/c1-3-4-9(7-17-2)14-10-11-15-13-8-16(11)6-5-12-10/h5-6,8-9H,3-4,7H2,1-2H3,(H,12,14). The molecule has 2 heterocycles. The van der Waals surface area contributed by atoms with Crippen LogP contribution in [0.25, 0.3) is 5.65 Å². The lowest BCUT2D eigenvalue weighted by Crippen LogP contribution is -2.25. The first-order chi connectivity index (χ1) is 8.35. The summed E-state index contributed by atoms with van der Waals surface area (Å²) in [6.45, 7) is 2.81. The van der Waals surface area contributed by atoms with Gasteiger partial charge in [0.2, 0.25) is 5.65 Å². The number of hydrogen-bond donors (Lipinski definition) is 1. The third-order valence-electron chi connectivity index (χ3n) is 2.56. The second-order valence-corrected chi connectivity index (χ2v) is 3.92. The van der Waals surface area contributed by atoms with Crippen molar-refractivity contribution in [2.75, 3.05) is 19.0 Å². The van der Waals surface area contributed by atoms with Crippen LogP contribution < -0.4 is 5.32 Å². The van der Waals surface area contributed by atoms with Crippen LogP contribution in [0.4, 0.5) is 5.82 Å². The van der Waals surface area contributed by atoms with Gasteiger partial charge in [0, 0.05) is 19.5 Å². The average molecular weight is 235 g/mol. The maximum atomic E-state index is 5.19. The van der Waals surface area contributed by atoms with Crippen LogP contribution in [0.3, 0.4) is 0 Å². The van der Waals surface area contributed by atoms with Gasteiger partial charge in [0.25, 0.3) is 0 Å². The minimum absolute atomic E-state index is 0.250. The van der Waals surface area contributed by atoms with E-state index in [1.165, 1.54) is 0 Å². The molecule has 0 fully saturated rings. The SMILES string of the molecule is CCCC(COC)Nc1nccn2cnnc12. The van der Waals surface area contributed by atoms with E-state index < -0.39 is 0 Å². The summed E-state index contributed by atoms with van der Waals surface area (Å²) in [7, 11) is 1.70. The van der Waals surface area contributed by atoms with Crippen LogP contribution in [0.5, 0.6) is 0 Å². The Labute approximate surface area is 100 Å². The summed E-state index contributed by atoms with van der Waals surface area (Å²) in [5.41, 5.74) is 0.740. The van der Waals surface area contributed by atoms with Gasteiger partial charge in [-0.15, -0.1) is 10.2 Å². The number of aromatic nitrogens is 4. The number of hydrogen-bond acceptors (Lipinski definition) is 5. The van der Waals surface area contributed by atoms with Crippen LogP contribution in [-0.2, 0) is 4.74 Å². The van der Waals surface area contributed by atoms with E-state index >= 15 is 0 Å². The molecule has 2 aromatic rings. The van der Waals surface area contributed by atoms with Gasteiger partial charge >= 0.3 is 0 Å². The molecule has 6 heteroatoms. The minimum Gasteiger partial charge on any atom is -0.383 e. The first-order valence-electron chi connectivity index (χ1n) is 5.75. The highest BCUT2D eigenvalue weighted by Gasteiger charge is 2.11. The van der Waals surface area contributed by atoms with Crippen LogP contribution in [0, 0.1) is 0 Å². The molecule has 2 rings (SSSR count). The largest absolute Gasteiger partial charge is 0.383 e.